The van der Waals surface area contributed by atoms with E-state index in [1.807, 2.05) is 67.2 Å². The van der Waals surface area contributed by atoms with Crippen LogP contribution in [0, 0.1) is 6.92 Å². The third kappa shape index (κ3) is 4.77. The Morgan fingerprint density at radius 2 is 1.87 bits per heavy atom. The van der Waals surface area contributed by atoms with Gasteiger partial charge in [0.25, 0.3) is 0 Å². The molecular weight excluding hydrogens is 491 g/mol. The monoisotopic (exact) mass is 510 g/mol. The molecule has 0 spiro atoms. The van der Waals surface area contributed by atoms with Crippen molar-refractivity contribution in [2.75, 3.05) is 12.4 Å². The Labute approximate surface area is 195 Å². The number of para-hydroxylation sites is 1. The number of hydrogen-bond donors (Lipinski definition) is 1. The van der Waals surface area contributed by atoms with E-state index in [4.69, 9.17) is 4.74 Å². The molecule has 0 radical (unpaired) electrons. The van der Waals surface area contributed by atoms with E-state index < -0.39 is 0 Å². The Kier molecular flexibility index (Phi) is 7.89. The van der Waals surface area contributed by atoms with Crippen LogP contribution in [0.2, 0.25) is 0 Å². The number of hydrogen-bond acceptors (Lipinski definition) is 5. The lowest BCUT2D eigenvalue weighted by atomic mass is 10.1. The fourth-order valence-corrected chi connectivity index (χ4v) is 3.27. The minimum absolute atomic E-state index is 0. The highest BCUT2D eigenvalue weighted by molar-refractivity contribution is 9.10. The molecule has 2 heterocycles. The zero-order valence-corrected chi connectivity index (χ0v) is 19.8. The molecule has 0 amide bonds. The number of ether oxygens (including phenoxy) is 1. The van der Waals surface area contributed by atoms with Crippen molar-refractivity contribution >= 4 is 52.4 Å². The summed E-state index contributed by atoms with van der Waals surface area (Å²) in [5.74, 6) is 1.99. The van der Waals surface area contributed by atoms with Gasteiger partial charge < -0.3 is 14.6 Å². The van der Waals surface area contributed by atoms with Gasteiger partial charge in [-0.3, -0.25) is 0 Å². The second kappa shape index (κ2) is 9.97. The third-order valence-electron chi connectivity index (χ3n) is 4.31. The Morgan fingerprint density at radius 3 is 2.53 bits per heavy atom. The molecule has 0 aliphatic rings. The Bertz CT molecular complexity index is 1140. The van der Waals surface area contributed by atoms with Crippen LogP contribution in [0.4, 0.5) is 11.6 Å². The van der Waals surface area contributed by atoms with Crippen LogP contribution in [0.5, 0.6) is 5.75 Å². The van der Waals surface area contributed by atoms with Gasteiger partial charge >= 0.3 is 0 Å². The molecule has 158 valence electrons. The molecule has 2 aromatic heterocycles. The van der Waals surface area contributed by atoms with Crippen LogP contribution in [0.15, 0.2) is 59.5 Å². The third-order valence-corrected chi connectivity index (χ3v) is 5.00. The number of aryl methyl sites for hydroxylation is 2. The van der Waals surface area contributed by atoms with E-state index in [0.29, 0.717) is 11.8 Å². The largest absolute Gasteiger partial charge is 0.495 e. The van der Waals surface area contributed by atoms with Crippen molar-refractivity contribution in [3.8, 4) is 22.8 Å². The number of imidazole rings is 1. The second-order valence-electron chi connectivity index (χ2n) is 6.30. The summed E-state index contributed by atoms with van der Waals surface area (Å²) >= 11 is 3.54. The number of methoxy groups -OCH3 is 1. The van der Waals surface area contributed by atoms with Gasteiger partial charge in [-0.1, -0.05) is 12.1 Å². The maximum Gasteiger partial charge on any atom is 0.225 e. The molecule has 30 heavy (non-hydrogen) atoms. The predicted octanol–water partition coefficient (Wildman–Crippen LogP) is 5.33. The average Bonchev–Trinajstić information content (AvgIpc) is 3.29. The summed E-state index contributed by atoms with van der Waals surface area (Å²) in [7, 11) is 3.51. The molecule has 0 saturated heterocycles. The van der Waals surface area contributed by atoms with Crippen LogP contribution in [0.25, 0.3) is 17.1 Å². The van der Waals surface area contributed by atoms with E-state index in [1.54, 1.807) is 18.1 Å². The van der Waals surface area contributed by atoms with E-state index in [0.717, 1.165) is 32.9 Å². The second-order valence-corrected chi connectivity index (χ2v) is 7.15. The Hall–Kier alpha value is -2.55. The van der Waals surface area contributed by atoms with Crippen LogP contribution < -0.4 is 10.1 Å². The zero-order valence-electron chi connectivity index (χ0n) is 16.5. The van der Waals surface area contributed by atoms with Crippen molar-refractivity contribution in [2.24, 2.45) is 7.05 Å². The Balaban J connectivity index is 0.00000160. The lowest BCUT2D eigenvalue weighted by Gasteiger charge is -2.10. The molecular formula is C20H21BrCl2N6O. The first kappa shape index (κ1) is 23.7. The minimum atomic E-state index is 0. The SMILES string of the molecule is COc1cc(-c2nc(Nc3ccccc3Br)n(C)n2)ccc1-n1cnc(C)c1.Cl.Cl. The van der Waals surface area contributed by atoms with Crippen molar-refractivity contribution < 1.29 is 4.74 Å². The topological polar surface area (TPSA) is 69.8 Å². The van der Waals surface area contributed by atoms with Crippen LogP contribution in [-0.4, -0.2) is 31.4 Å². The van der Waals surface area contributed by atoms with Gasteiger partial charge in [0, 0.05) is 23.3 Å². The van der Waals surface area contributed by atoms with Gasteiger partial charge in [0.1, 0.15) is 5.75 Å². The van der Waals surface area contributed by atoms with Crippen LogP contribution in [0.1, 0.15) is 5.69 Å². The lowest BCUT2D eigenvalue weighted by Crippen LogP contribution is -2.00. The highest BCUT2D eigenvalue weighted by atomic mass is 79.9. The average molecular weight is 512 g/mol. The molecule has 4 aromatic rings. The molecule has 2 aromatic carbocycles. The van der Waals surface area contributed by atoms with E-state index in [1.165, 1.54) is 0 Å². The maximum atomic E-state index is 5.59. The number of nitrogens with zero attached hydrogens (tertiary/aromatic N) is 5. The van der Waals surface area contributed by atoms with E-state index in [2.05, 4.69) is 36.3 Å². The summed E-state index contributed by atoms with van der Waals surface area (Å²) in [5.41, 5.74) is 3.65. The van der Waals surface area contributed by atoms with Crippen molar-refractivity contribution in [3.05, 3.63) is 65.2 Å². The summed E-state index contributed by atoms with van der Waals surface area (Å²) < 4.78 is 10.2. The summed E-state index contributed by atoms with van der Waals surface area (Å²) in [6, 6.07) is 13.8. The van der Waals surface area contributed by atoms with Gasteiger partial charge in [-0.15, -0.1) is 29.9 Å². The molecule has 0 fully saturated rings. The fourth-order valence-electron chi connectivity index (χ4n) is 2.88. The molecule has 4 rings (SSSR count). The highest BCUT2D eigenvalue weighted by Gasteiger charge is 2.14. The number of aromatic nitrogens is 5. The van der Waals surface area contributed by atoms with Gasteiger partial charge in [0.05, 0.1) is 30.5 Å². The standard InChI is InChI=1S/C20H19BrN6O.2ClH/c1-13-11-27(12-22-13)17-9-8-14(10-18(17)28-3)19-24-20(26(2)25-19)23-16-7-5-4-6-15(16)21;;/h4-12H,1-3H3,(H,23,24,25);2*1H. The van der Waals surface area contributed by atoms with Crippen molar-refractivity contribution in [1.82, 2.24) is 24.3 Å². The summed E-state index contributed by atoms with van der Waals surface area (Å²) in [6.45, 7) is 1.95. The van der Waals surface area contributed by atoms with Crippen LogP contribution >= 0.6 is 40.7 Å². The first-order chi connectivity index (χ1) is 13.5. The van der Waals surface area contributed by atoms with Crippen molar-refractivity contribution in [2.45, 2.75) is 6.92 Å². The molecule has 10 heteroatoms. The smallest absolute Gasteiger partial charge is 0.225 e. The van der Waals surface area contributed by atoms with E-state index in [-0.39, 0.29) is 24.8 Å². The molecule has 7 nitrogen and oxygen atoms in total. The number of halogens is 3. The quantitative estimate of drug-likeness (QED) is 0.392. The van der Waals surface area contributed by atoms with Gasteiger partial charge in [-0.2, -0.15) is 4.98 Å². The molecule has 0 unspecified atom stereocenters. The number of benzene rings is 2. The minimum Gasteiger partial charge on any atom is -0.495 e. The summed E-state index contributed by atoms with van der Waals surface area (Å²) in [4.78, 5) is 8.92. The van der Waals surface area contributed by atoms with Gasteiger partial charge in [-0.25, -0.2) is 9.67 Å². The first-order valence-corrected chi connectivity index (χ1v) is 9.46. The molecule has 0 atom stereocenters. The van der Waals surface area contributed by atoms with Gasteiger partial charge in [-0.05, 0) is 53.2 Å². The molecule has 0 aliphatic heterocycles. The number of anilines is 2. The van der Waals surface area contributed by atoms with Crippen molar-refractivity contribution in [3.63, 3.8) is 0 Å². The van der Waals surface area contributed by atoms with Crippen LogP contribution in [-0.2, 0) is 7.05 Å². The summed E-state index contributed by atoms with van der Waals surface area (Å²) in [5, 5.41) is 7.84. The number of nitrogens with one attached hydrogen (secondary N) is 1. The fraction of sp³-hybridized carbons (Fsp3) is 0.150. The molecule has 1 N–H and O–H groups in total. The molecule has 0 saturated carbocycles. The highest BCUT2D eigenvalue weighted by Crippen LogP contribution is 2.30. The van der Waals surface area contributed by atoms with E-state index in [9.17, 15) is 0 Å². The number of rotatable bonds is 5. The molecule has 0 aliphatic carbocycles. The normalized spacial score (nSPS) is 10.1. The zero-order chi connectivity index (χ0) is 19.7. The predicted molar refractivity (Wildman–Crippen MR) is 127 cm³/mol. The maximum absolute atomic E-state index is 5.59. The first-order valence-electron chi connectivity index (χ1n) is 8.67. The Morgan fingerprint density at radius 1 is 1.10 bits per heavy atom. The van der Waals surface area contributed by atoms with Crippen molar-refractivity contribution in [1.29, 1.82) is 0 Å². The van der Waals surface area contributed by atoms with E-state index >= 15 is 0 Å². The summed E-state index contributed by atoms with van der Waals surface area (Å²) in [6.07, 6.45) is 3.72. The van der Waals surface area contributed by atoms with Gasteiger partial charge in [0.2, 0.25) is 5.95 Å². The lowest BCUT2D eigenvalue weighted by molar-refractivity contribution is 0.413. The van der Waals surface area contributed by atoms with Gasteiger partial charge in [0.15, 0.2) is 5.82 Å². The van der Waals surface area contributed by atoms with Crippen LogP contribution in [0.3, 0.4) is 0 Å². The molecule has 0 bridgehead atoms.